The molecule has 1 N–H and O–H groups in total. The van der Waals surface area contributed by atoms with Gasteiger partial charge in [0.2, 0.25) is 0 Å². The van der Waals surface area contributed by atoms with Crippen molar-refractivity contribution in [1.29, 1.82) is 0 Å². The lowest BCUT2D eigenvalue weighted by Gasteiger charge is -2.38. The molecular formula is C10H18F3NO. The summed E-state index contributed by atoms with van der Waals surface area (Å²) in [6.07, 6.45) is -0.518. The molecule has 0 heterocycles. The normalized spacial score (nSPS) is 20.0. The van der Waals surface area contributed by atoms with Crippen LogP contribution in [0.5, 0.6) is 0 Å². The van der Waals surface area contributed by atoms with E-state index < -0.39 is 12.8 Å². The minimum absolute atomic E-state index is 0.121. The van der Waals surface area contributed by atoms with E-state index in [9.17, 15) is 13.2 Å². The first-order valence-corrected chi connectivity index (χ1v) is 5.27. The van der Waals surface area contributed by atoms with Gasteiger partial charge in [0.15, 0.2) is 0 Å². The number of hydrogen-bond acceptors (Lipinski definition) is 2. The second-order valence-electron chi connectivity index (χ2n) is 4.51. The van der Waals surface area contributed by atoms with Crippen molar-refractivity contribution in [2.24, 2.45) is 5.41 Å². The molecule has 0 aliphatic heterocycles. The van der Waals surface area contributed by atoms with E-state index in [2.05, 4.69) is 17.0 Å². The van der Waals surface area contributed by atoms with Crippen LogP contribution in [0.1, 0.15) is 26.2 Å². The van der Waals surface area contributed by atoms with Gasteiger partial charge in [0.1, 0.15) is 6.61 Å². The van der Waals surface area contributed by atoms with Gasteiger partial charge in [-0.3, -0.25) is 0 Å². The molecule has 0 unspecified atom stereocenters. The molecule has 0 saturated heterocycles. The first kappa shape index (κ1) is 12.8. The molecule has 1 fully saturated rings. The highest BCUT2D eigenvalue weighted by atomic mass is 19.4. The van der Waals surface area contributed by atoms with Gasteiger partial charge in [-0.25, -0.2) is 0 Å². The quantitative estimate of drug-likeness (QED) is 0.700. The average molecular weight is 225 g/mol. The molecule has 0 atom stereocenters. The van der Waals surface area contributed by atoms with E-state index in [1.165, 1.54) is 19.3 Å². The minimum atomic E-state index is -4.21. The second-order valence-corrected chi connectivity index (χ2v) is 4.51. The molecule has 5 heteroatoms. The molecule has 1 rings (SSSR count). The van der Waals surface area contributed by atoms with Crippen LogP contribution >= 0.6 is 0 Å². The zero-order valence-electron chi connectivity index (χ0n) is 8.99. The van der Waals surface area contributed by atoms with Gasteiger partial charge < -0.3 is 10.1 Å². The van der Waals surface area contributed by atoms with Crippen LogP contribution in [0.15, 0.2) is 0 Å². The maximum atomic E-state index is 11.7. The number of alkyl halides is 3. The van der Waals surface area contributed by atoms with Crippen LogP contribution in [0.25, 0.3) is 0 Å². The van der Waals surface area contributed by atoms with Gasteiger partial charge in [-0.1, -0.05) is 13.3 Å². The molecule has 1 aliphatic carbocycles. The molecule has 0 radical (unpaired) electrons. The Bertz CT molecular complexity index is 190. The van der Waals surface area contributed by atoms with Gasteiger partial charge in [-0.2, -0.15) is 13.2 Å². The van der Waals surface area contributed by atoms with Crippen molar-refractivity contribution < 1.29 is 17.9 Å². The third-order valence-electron chi connectivity index (χ3n) is 2.80. The fraction of sp³-hybridized carbons (Fsp3) is 1.00. The van der Waals surface area contributed by atoms with Crippen molar-refractivity contribution in [3.05, 3.63) is 0 Å². The zero-order valence-corrected chi connectivity index (χ0v) is 8.99. The van der Waals surface area contributed by atoms with Crippen LogP contribution in [0.3, 0.4) is 0 Å². The van der Waals surface area contributed by atoms with Gasteiger partial charge in [0, 0.05) is 13.1 Å². The summed E-state index contributed by atoms with van der Waals surface area (Å²) in [7, 11) is 0. The predicted molar refractivity (Wildman–Crippen MR) is 51.7 cm³/mol. The molecular weight excluding hydrogens is 207 g/mol. The Morgan fingerprint density at radius 3 is 2.47 bits per heavy atom. The van der Waals surface area contributed by atoms with Crippen molar-refractivity contribution in [1.82, 2.24) is 5.32 Å². The third kappa shape index (κ3) is 5.37. The number of halogens is 3. The van der Waals surface area contributed by atoms with Gasteiger partial charge in [0.05, 0.1) is 6.61 Å². The molecule has 1 aliphatic rings. The van der Waals surface area contributed by atoms with Crippen LogP contribution in [-0.2, 0) is 4.74 Å². The number of rotatable bonds is 6. The summed E-state index contributed by atoms with van der Waals surface area (Å²) in [6, 6.07) is 0. The lowest BCUT2D eigenvalue weighted by Crippen LogP contribution is -2.38. The van der Waals surface area contributed by atoms with Crippen molar-refractivity contribution >= 4 is 0 Å². The van der Waals surface area contributed by atoms with Crippen LogP contribution < -0.4 is 5.32 Å². The van der Waals surface area contributed by atoms with Crippen LogP contribution in [0.4, 0.5) is 13.2 Å². The van der Waals surface area contributed by atoms with E-state index in [1.807, 2.05) is 0 Å². The fourth-order valence-corrected chi connectivity index (χ4v) is 1.68. The van der Waals surface area contributed by atoms with Gasteiger partial charge in [0.25, 0.3) is 0 Å². The Hall–Kier alpha value is -0.290. The maximum Gasteiger partial charge on any atom is 0.411 e. The summed E-state index contributed by atoms with van der Waals surface area (Å²) in [6.45, 7) is 2.54. The second kappa shape index (κ2) is 5.16. The largest absolute Gasteiger partial charge is 0.411 e. The number of nitrogens with one attached hydrogen (secondary N) is 1. The lowest BCUT2D eigenvalue weighted by atomic mass is 9.70. The molecule has 1 saturated carbocycles. The van der Waals surface area contributed by atoms with Crippen molar-refractivity contribution in [3.63, 3.8) is 0 Å². The van der Waals surface area contributed by atoms with E-state index in [0.717, 1.165) is 6.54 Å². The van der Waals surface area contributed by atoms with Gasteiger partial charge in [-0.05, 0) is 18.3 Å². The summed E-state index contributed by atoms with van der Waals surface area (Å²) < 4.78 is 39.5. The van der Waals surface area contributed by atoms with Gasteiger partial charge in [-0.15, -0.1) is 0 Å². The summed E-state index contributed by atoms with van der Waals surface area (Å²) >= 11 is 0. The predicted octanol–water partition coefficient (Wildman–Crippen LogP) is 2.35. The fourth-order valence-electron chi connectivity index (χ4n) is 1.68. The Labute approximate surface area is 88.2 Å². The Kier molecular flexibility index (Phi) is 4.40. The third-order valence-corrected chi connectivity index (χ3v) is 2.80. The SMILES string of the molecule is CC1(CNCCOCC(F)(F)F)CCC1. The zero-order chi connectivity index (χ0) is 11.4. The average Bonchev–Trinajstić information content (AvgIpc) is 2.06. The van der Waals surface area contributed by atoms with Crippen molar-refractivity contribution in [2.75, 3.05) is 26.3 Å². The van der Waals surface area contributed by atoms with Crippen molar-refractivity contribution in [3.8, 4) is 0 Å². The highest BCUT2D eigenvalue weighted by Gasteiger charge is 2.31. The summed E-state index contributed by atoms with van der Waals surface area (Å²) in [5, 5.41) is 3.12. The van der Waals surface area contributed by atoms with Crippen LogP contribution in [0, 0.1) is 5.41 Å². The standard InChI is InChI=1S/C10H18F3NO/c1-9(3-2-4-9)7-14-5-6-15-8-10(11,12)13/h14H,2-8H2,1H3. The summed E-state index contributed by atoms with van der Waals surface area (Å²) in [5.41, 5.74) is 0.365. The van der Waals surface area contributed by atoms with Crippen LogP contribution in [0.2, 0.25) is 0 Å². The lowest BCUT2D eigenvalue weighted by molar-refractivity contribution is -0.173. The molecule has 15 heavy (non-hydrogen) atoms. The maximum absolute atomic E-state index is 11.7. The van der Waals surface area contributed by atoms with Crippen LogP contribution in [-0.4, -0.2) is 32.5 Å². The van der Waals surface area contributed by atoms with E-state index >= 15 is 0 Å². The van der Waals surface area contributed by atoms with Crippen molar-refractivity contribution in [2.45, 2.75) is 32.4 Å². The molecule has 0 aromatic rings. The summed E-state index contributed by atoms with van der Waals surface area (Å²) in [4.78, 5) is 0. The Balaban J connectivity index is 1.89. The van der Waals surface area contributed by atoms with E-state index in [0.29, 0.717) is 12.0 Å². The Morgan fingerprint density at radius 1 is 1.33 bits per heavy atom. The molecule has 90 valence electrons. The molecule has 0 amide bonds. The van der Waals surface area contributed by atoms with E-state index in [4.69, 9.17) is 0 Å². The topological polar surface area (TPSA) is 21.3 Å². The molecule has 2 nitrogen and oxygen atoms in total. The minimum Gasteiger partial charge on any atom is -0.371 e. The highest BCUT2D eigenvalue weighted by Crippen LogP contribution is 2.39. The number of hydrogen-bond donors (Lipinski definition) is 1. The first-order chi connectivity index (χ1) is 6.91. The molecule has 0 aromatic carbocycles. The first-order valence-electron chi connectivity index (χ1n) is 5.27. The monoisotopic (exact) mass is 225 g/mol. The Morgan fingerprint density at radius 2 is 2.00 bits per heavy atom. The smallest absolute Gasteiger partial charge is 0.371 e. The number of ether oxygens (including phenoxy) is 1. The highest BCUT2D eigenvalue weighted by molar-refractivity contribution is 4.84. The van der Waals surface area contributed by atoms with E-state index in [1.54, 1.807) is 0 Å². The molecule has 0 aromatic heterocycles. The summed E-state index contributed by atoms with van der Waals surface area (Å²) in [5.74, 6) is 0. The molecule has 0 bridgehead atoms. The van der Waals surface area contributed by atoms with Gasteiger partial charge >= 0.3 is 6.18 Å². The molecule has 0 spiro atoms. The van der Waals surface area contributed by atoms with E-state index in [-0.39, 0.29) is 6.61 Å².